The largest absolute Gasteiger partial charge is 0.372 e. The van der Waals surface area contributed by atoms with Crippen LogP contribution < -0.4 is 14.9 Å². The van der Waals surface area contributed by atoms with Gasteiger partial charge in [-0.05, 0) is 89.6 Å². The average molecular weight is 460 g/mol. The minimum absolute atomic E-state index is 0.178. The summed E-state index contributed by atoms with van der Waals surface area (Å²) in [5.41, 5.74) is 3.40. The van der Waals surface area contributed by atoms with Crippen molar-refractivity contribution in [3.05, 3.63) is 53.6 Å². The van der Waals surface area contributed by atoms with Gasteiger partial charge in [0.15, 0.2) is 0 Å². The molecule has 2 aromatic carbocycles. The second-order valence-corrected chi connectivity index (χ2v) is 11.8. The molecule has 0 radical (unpaired) electrons. The van der Waals surface area contributed by atoms with E-state index in [9.17, 15) is 13.2 Å². The summed E-state index contributed by atoms with van der Waals surface area (Å²) >= 11 is 0. The van der Waals surface area contributed by atoms with Crippen LogP contribution in [0.4, 0.5) is 17.1 Å². The van der Waals surface area contributed by atoms with Crippen LogP contribution in [0.25, 0.3) is 0 Å². The van der Waals surface area contributed by atoms with Crippen molar-refractivity contribution in [1.82, 2.24) is 0 Å². The number of hydrogen-bond acceptors (Lipinski definition) is 5. The molecule has 1 aliphatic rings. The Morgan fingerprint density at radius 1 is 1.03 bits per heavy atom. The van der Waals surface area contributed by atoms with Crippen LogP contribution in [0.15, 0.2) is 42.5 Å². The summed E-state index contributed by atoms with van der Waals surface area (Å²) in [4.78, 5) is 15.0. The number of anilines is 3. The highest BCUT2D eigenvalue weighted by atomic mass is 32.2. The number of aryl methyl sites for hydroxylation is 1. The van der Waals surface area contributed by atoms with Crippen LogP contribution in [-0.2, 0) is 14.8 Å². The number of sulfonamides is 1. The number of nitrogens with one attached hydrogen (secondary N) is 2. The predicted octanol–water partition coefficient (Wildman–Crippen LogP) is 4.40. The molecule has 2 N–H and O–H groups in total. The molecular weight excluding hydrogens is 426 g/mol. The Morgan fingerprint density at radius 3 is 2.16 bits per heavy atom. The Morgan fingerprint density at radius 2 is 1.62 bits per heavy atom. The topological polar surface area (TPSA) is 87.7 Å². The highest BCUT2D eigenvalue weighted by Crippen LogP contribution is 2.25. The number of rotatable bonds is 5. The van der Waals surface area contributed by atoms with Gasteiger partial charge in [0.25, 0.3) is 5.91 Å². The number of hydrogen-bond donors (Lipinski definition) is 2. The van der Waals surface area contributed by atoms with Gasteiger partial charge in [-0.1, -0.05) is 0 Å². The van der Waals surface area contributed by atoms with Gasteiger partial charge in [-0.3, -0.25) is 9.52 Å². The molecule has 1 heterocycles. The number of carbonyl (C=O) groups excluding carboxylic acids is 1. The first-order chi connectivity index (χ1) is 14.9. The Kier molecular flexibility index (Phi) is 6.86. The van der Waals surface area contributed by atoms with Gasteiger partial charge in [-0.2, -0.15) is 0 Å². The first-order valence-electron chi connectivity index (χ1n) is 10.8. The van der Waals surface area contributed by atoms with E-state index >= 15 is 0 Å². The molecule has 8 heteroatoms. The SMILES string of the molecule is Cc1cc(C(=O)Nc2ccc(N3C[C@@H](C)O[C@@H](C)C3)cc2)ccc1NS(=O)(=O)C(C)(C)C. The summed E-state index contributed by atoms with van der Waals surface area (Å²) in [5, 5.41) is 2.90. The van der Waals surface area contributed by atoms with Crippen molar-refractivity contribution in [2.24, 2.45) is 0 Å². The lowest BCUT2D eigenvalue weighted by atomic mass is 10.1. The number of amides is 1. The minimum atomic E-state index is -3.54. The highest BCUT2D eigenvalue weighted by Gasteiger charge is 2.29. The highest BCUT2D eigenvalue weighted by molar-refractivity contribution is 7.94. The quantitative estimate of drug-likeness (QED) is 0.692. The molecule has 2 aromatic rings. The third kappa shape index (κ3) is 5.61. The monoisotopic (exact) mass is 459 g/mol. The molecule has 0 saturated carbocycles. The first kappa shape index (κ1) is 24.1. The van der Waals surface area contributed by atoms with E-state index in [0.717, 1.165) is 18.8 Å². The van der Waals surface area contributed by atoms with Crippen molar-refractivity contribution in [3.63, 3.8) is 0 Å². The minimum Gasteiger partial charge on any atom is -0.372 e. The normalized spacial score (nSPS) is 19.5. The molecule has 0 aliphatic carbocycles. The van der Waals surface area contributed by atoms with Gasteiger partial charge >= 0.3 is 0 Å². The summed E-state index contributed by atoms with van der Waals surface area (Å²) in [7, 11) is -3.54. The van der Waals surface area contributed by atoms with E-state index in [1.54, 1.807) is 45.9 Å². The zero-order chi connectivity index (χ0) is 23.7. The molecule has 2 atom stereocenters. The Bertz CT molecular complexity index is 1070. The van der Waals surface area contributed by atoms with Crippen LogP contribution in [0.1, 0.15) is 50.5 Å². The van der Waals surface area contributed by atoms with Crippen molar-refractivity contribution in [2.75, 3.05) is 28.0 Å². The molecule has 0 aromatic heterocycles. The molecule has 0 spiro atoms. The van der Waals surface area contributed by atoms with Gasteiger partial charge in [-0.25, -0.2) is 8.42 Å². The average Bonchev–Trinajstić information content (AvgIpc) is 2.68. The van der Waals surface area contributed by atoms with Gasteiger partial charge in [0.05, 0.1) is 22.6 Å². The fraction of sp³-hybridized carbons (Fsp3) is 0.458. The molecule has 32 heavy (non-hydrogen) atoms. The van der Waals surface area contributed by atoms with E-state index < -0.39 is 14.8 Å². The Hall–Kier alpha value is -2.58. The lowest BCUT2D eigenvalue weighted by Crippen LogP contribution is -2.45. The van der Waals surface area contributed by atoms with E-state index in [2.05, 4.69) is 28.8 Å². The van der Waals surface area contributed by atoms with Gasteiger partial charge in [0, 0.05) is 30.0 Å². The van der Waals surface area contributed by atoms with E-state index in [1.807, 2.05) is 24.3 Å². The third-order valence-corrected chi connectivity index (χ3v) is 7.55. The first-order valence-corrected chi connectivity index (χ1v) is 12.3. The molecule has 1 saturated heterocycles. The summed E-state index contributed by atoms with van der Waals surface area (Å²) in [6.45, 7) is 12.5. The standard InChI is InChI=1S/C24H33N3O4S/c1-16-13-19(7-12-22(16)26-32(29,30)24(4,5)6)23(28)25-20-8-10-21(11-9-20)27-14-17(2)31-18(3)15-27/h7-13,17-18,26H,14-15H2,1-6H3,(H,25,28)/t17-,18+. The molecule has 174 valence electrons. The maximum Gasteiger partial charge on any atom is 0.255 e. The Balaban J connectivity index is 1.68. The number of nitrogens with zero attached hydrogens (tertiary/aromatic N) is 1. The van der Waals surface area contributed by atoms with Gasteiger partial charge < -0.3 is 15.0 Å². The number of ether oxygens (including phenoxy) is 1. The molecule has 7 nitrogen and oxygen atoms in total. The van der Waals surface area contributed by atoms with Crippen molar-refractivity contribution in [1.29, 1.82) is 0 Å². The molecular formula is C24H33N3O4S. The molecule has 1 fully saturated rings. The number of carbonyl (C=O) groups is 1. The number of benzene rings is 2. The summed E-state index contributed by atoms with van der Waals surface area (Å²) < 4.78 is 32.3. The van der Waals surface area contributed by atoms with Crippen LogP contribution in [0.3, 0.4) is 0 Å². The van der Waals surface area contributed by atoms with Crippen molar-refractivity contribution in [3.8, 4) is 0 Å². The molecule has 3 rings (SSSR count). The van der Waals surface area contributed by atoms with E-state index in [-0.39, 0.29) is 18.1 Å². The summed E-state index contributed by atoms with van der Waals surface area (Å²) in [6, 6.07) is 12.7. The maximum atomic E-state index is 12.7. The van der Waals surface area contributed by atoms with Gasteiger partial charge in [0.1, 0.15) is 0 Å². The fourth-order valence-electron chi connectivity index (χ4n) is 3.56. The van der Waals surface area contributed by atoms with Crippen molar-refractivity contribution < 1.29 is 17.9 Å². The molecule has 1 aliphatic heterocycles. The van der Waals surface area contributed by atoms with Crippen LogP contribution in [0, 0.1) is 6.92 Å². The maximum absolute atomic E-state index is 12.7. The van der Waals surface area contributed by atoms with Crippen LogP contribution in [-0.4, -0.2) is 44.4 Å². The fourth-order valence-corrected chi connectivity index (χ4v) is 4.39. The van der Waals surface area contributed by atoms with E-state index in [1.165, 1.54) is 0 Å². The molecule has 0 bridgehead atoms. The van der Waals surface area contributed by atoms with E-state index in [4.69, 9.17) is 4.74 Å². The zero-order valence-corrected chi connectivity index (χ0v) is 20.4. The predicted molar refractivity (Wildman–Crippen MR) is 130 cm³/mol. The van der Waals surface area contributed by atoms with Gasteiger partial charge in [0.2, 0.25) is 10.0 Å². The lowest BCUT2D eigenvalue weighted by Gasteiger charge is -2.36. The third-order valence-electron chi connectivity index (χ3n) is 5.45. The van der Waals surface area contributed by atoms with Crippen LogP contribution >= 0.6 is 0 Å². The van der Waals surface area contributed by atoms with Crippen molar-refractivity contribution >= 4 is 33.0 Å². The molecule has 0 unspecified atom stereocenters. The van der Waals surface area contributed by atoms with Gasteiger partial charge in [-0.15, -0.1) is 0 Å². The summed E-state index contributed by atoms with van der Waals surface area (Å²) in [6.07, 6.45) is 0.356. The zero-order valence-electron chi connectivity index (χ0n) is 19.6. The van der Waals surface area contributed by atoms with Crippen molar-refractivity contribution in [2.45, 2.75) is 58.5 Å². The second-order valence-electron chi connectivity index (χ2n) is 9.41. The van der Waals surface area contributed by atoms with Crippen LogP contribution in [0.2, 0.25) is 0 Å². The molecule has 1 amide bonds. The summed E-state index contributed by atoms with van der Waals surface area (Å²) in [5.74, 6) is -0.250. The lowest BCUT2D eigenvalue weighted by molar-refractivity contribution is -0.00521. The van der Waals surface area contributed by atoms with E-state index in [0.29, 0.717) is 22.5 Å². The number of morpholine rings is 1. The Labute approximate surface area is 191 Å². The second kappa shape index (κ2) is 9.11. The van der Waals surface area contributed by atoms with Crippen LogP contribution in [0.5, 0.6) is 0 Å². The smallest absolute Gasteiger partial charge is 0.255 e.